The van der Waals surface area contributed by atoms with Crippen LogP contribution in [0.25, 0.3) is 0 Å². The fraction of sp³-hybridized carbons (Fsp3) is 0.368. The largest absolute Gasteiger partial charge is 0.296 e. The van der Waals surface area contributed by atoms with Gasteiger partial charge in [-0.05, 0) is 25.8 Å². The minimum Gasteiger partial charge on any atom is -0.296 e. The summed E-state index contributed by atoms with van der Waals surface area (Å²) in [5.74, 6) is -0.0866. The molecule has 0 saturated carbocycles. The molecule has 1 fully saturated rings. The maximum absolute atomic E-state index is 12.8. The summed E-state index contributed by atoms with van der Waals surface area (Å²) in [5.41, 5.74) is 2.81. The Morgan fingerprint density at radius 3 is 2.69 bits per heavy atom. The molecular formula is C19H21N5O3S2. The number of nitrogens with zero attached hydrogens (tertiary/aromatic N) is 4. The molecule has 152 valence electrons. The van der Waals surface area contributed by atoms with Crippen molar-refractivity contribution in [2.45, 2.75) is 32.7 Å². The molecule has 1 aromatic carbocycles. The van der Waals surface area contributed by atoms with Crippen molar-refractivity contribution in [2.24, 2.45) is 0 Å². The molecule has 1 atom stereocenters. The van der Waals surface area contributed by atoms with Crippen molar-refractivity contribution in [3.63, 3.8) is 0 Å². The molecule has 3 aromatic rings. The van der Waals surface area contributed by atoms with Crippen LogP contribution in [-0.2, 0) is 16.3 Å². The quantitative estimate of drug-likeness (QED) is 0.665. The second kappa shape index (κ2) is 7.68. The highest BCUT2D eigenvalue weighted by Crippen LogP contribution is 2.27. The number of amides is 1. The zero-order valence-corrected chi connectivity index (χ0v) is 17.8. The summed E-state index contributed by atoms with van der Waals surface area (Å²) in [7, 11) is -3.03. The second-order valence-electron chi connectivity index (χ2n) is 7.16. The monoisotopic (exact) mass is 431 g/mol. The molecule has 29 heavy (non-hydrogen) atoms. The smallest absolute Gasteiger partial charge is 0.261 e. The lowest BCUT2D eigenvalue weighted by Gasteiger charge is -2.11. The Bertz CT molecular complexity index is 1150. The van der Waals surface area contributed by atoms with Gasteiger partial charge in [-0.2, -0.15) is 5.10 Å². The molecule has 1 amide bonds. The molecule has 0 unspecified atom stereocenters. The Morgan fingerprint density at radius 2 is 2.00 bits per heavy atom. The van der Waals surface area contributed by atoms with Gasteiger partial charge in [0.1, 0.15) is 5.01 Å². The van der Waals surface area contributed by atoms with Crippen LogP contribution in [0.15, 0.2) is 30.3 Å². The average Bonchev–Trinajstić information content (AvgIpc) is 3.33. The summed E-state index contributed by atoms with van der Waals surface area (Å²) < 4.78 is 25.3. The lowest BCUT2D eigenvalue weighted by atomic mass is 10.1. The third-order valence-electron chi connectivity index (χ3n) is 4.99. The third-order valence-corrected chi connectivity index (χ3v) is 7.58. The van der Waals surface area contributed by atoms with Crippen molar-refractivity contribution in [1.82, 2.24) is 20.0 Å². The first-order valence-corrected chi connectivity index (χ1v) is 11.9. The van der Waals surface area contributed by atoms with E-state index in [0.29, 0.717) is 34.9 Å². The molecule has 0 spiro atoms. The van der Waals surface area contributed by atoms with E-state index in [1.807, 2.05) is 30.3 Å². The molecule has 0 bridgehead atoms. The van der Waals surface area contributed by atoms with Gasteiger partial charge in [0.25, 0.3) is 5.91 Å². The average molecular weight is 432 g/mol. The molecule has 1 aliphatic heterocycles. The summed E-state index contributed by atoms with van der Waals surface area (Å²) in [5, 5.41) is 16.7. The molecule has 1 N–H and O–H groups in total. The Kier molecular flexibility index (Phi) is 5.22. The van der Waals surface area contributed by atoms with Crippen LogP contribution in [0.2, 0.25) is 0 Å². The van der Waals surface area contributed by atoms with Crippen LogP contribution in [0.4, 0.5) is 5.13 Å². The second-order valence-corrected chi connectivity index (χ2v) is 10.5. The predicted octanol–water partition coefficient (Wildman–Crippen LogP) is 2.55. The number of aromatic nitrogens is 4. The van der Waals surface area contributed by atoms with Crippen molar-refractivity contribution >= 4 is 32.2 Å². The number of hydrogen-bond acceptors (Lipinski definition) is 7. The fourth-order valence-corrected chi connectivity index (χ4v) is 6.08. The first-order chi connectivity index (χ1) is 13.8. The maximum Gasteiger partial charge on any atom is 0.261 e. The minimum absolute atomic E-state index is 0.0647. The van der Waals surface area contributed by atoms with Crippen LogP contribution >= 0.6 is 11.3 Å². The lowest BCUT2D eigenvalue weighted by Crippen LogP contribution is -2.16. The van der Waals surface area contributed by atoms with E-state index in [-0.39, 0.29) is 23.5 Å². The summed E-state index contributed by atoms with van der Waals surface area (Å²) >= 11 is 1.33. The van der Waals surface area contributed by atoms with Gasteiger partial charge in [0, 0.05) is 12.1 Å². The van der Waals surface area contributed by atoms with Crippen LogP contribution in [0.5, 0.6) is 0 Å². The highest BCUT2D eigenvalue weighted by atomic mass is 32.2. The van der Waals surface area contributed by atoms with Gasteiger partial charge < -0.3 is 0 Å². The van der Waals surface area contributed by atoms with Crippen molar-refractivity contribution in [1.29, 1.82) is 0 Å². The molecule has 0 aliphatic carbocycles. The van der Waals surface area contributed by atoms with Crippen molar-refractivity contribution in [3.05, 3.63) is 57.9 Å². The van der Waals surface area contributed by atoms with Gasteiger partial charge in [0.2, 0.25) is 5.13 Å². The number of aryl methyl sites for hydroxylation is 1. The number of anilines is 1. The van der Waals surface area contributed by atoms with E-state index in [4.69, 9.17) is 0 Å². The van der Waals surface area contributed by atoms with Gasteiger partial charge >= 0.3 is 0 Å². The molecule has 3 heterocycles. The van der Waals surface area contributed by atoms with Crippen LogP contribution in [0, 0.1) is 13.8 Å². The number of carbonyl (C=O) groups excluding carboxylic acids is 1. The standard InChI is InChI=1S/C19H21N5O3S2/c1-12-17(13(2)24(23-12)15-8-9-29(26,27)11-15)18(25)20-19-22-21-16(28-19)10-14-6-4-3-5-7-14/h3-7,15H,8-11H2,1-2H3,(H,20,22,25)/t15-/m0/s1. The topological polar surface area (TPSA) is 107 Å². The third kappa shape index (κ3) is 4.23. The van der Waals surface area contributed by atoms with E-state index in [1.165, 1.54) is 11.3 Å². The van der Waals surface area contributed by atoms with Gasteiger partial charge in [-0.3, -0.25) is 14.8 Å². The molecule has 8 nitrogen and oxygen atoms in total. The number of rotatable bonds is 5. The lowest BCUT2D eigenvalue weighted by molar-refractivity contribution is 0.102. The Hall–Kier alpha value is -2.59. The first kappa shape index (κ1) is 19.7. The van der Waals surface area contributed by atoms with Crippen molar-refractivity contribution in [3.8, 4) is 0 Å². The summed E-state index contributed by atoms with van der Waals surface area (Å²) in [6.45, 7) is 3.55. The zero-order valence-electron chi connectivity index (χ0n) is 16.1. The van der Waals surface area contributed by atoms with E-state index < -0.39 is 9.84 Å². The highest BCUT2D eigenvalue weighted by Gasteiger charge is 2.32. The number of hydrogen-bond donors (Lipinski definition) is 1. The van der Waals surface area contributed by atoms with Crippen molar-refractivity contribution < 1.29 is 13.2 Å². The normalized spacial score (nSPS) is 18.1. The van der Waals surface area contributed by atoms with Gasteiger partial charge in [-0.15, -0.1) is 10.2 Å². The molecule has 10 heteroatoms. The van der Waals surface area contributed by atoms with E-state index in [2.05, 4.69) is 20.6 Å². The summed E-state index contributed by atoms with van der Waals surface area (Å²) in [6, 6.07) is 9.71. The predicted molar refractivity (Wildman–Crippen MR) is 111 cm³/mol. The van der Waals surface area contributed by atoms with E-state index in [0.717, 1.165) is 10.6 Å². The first-order valence-electron chi connectivity index (χ1n) is 9.26. The van der Waals surface area contributed by atoms with E-state index >= 15 is 0 Å². The molecule has 4 rings (SSSR count). The molecule has 0 radical (unpaired) electrons. The maximum atomic E-state index is 12.8. The molecule has 1 aliphatic rings. The highest BCUT2D eigenvalue weighted by molar-refractivity contribution is 7.91. The SMILES string of the molecule is Cc1nn([C@H]2CCS(=O)(=O)C2)c(C)c1C(=O)Nc1nnc(Cc2ccccc2)s1. The van der Waals surface area contributed by atoms with Gasteiger partial charge in [0.05, 0.1) is 28.8 Å². The molecule has 1 saturated heterocycles. The Balaban J connectivity index is 1.49. The van der Waals surface area contributed by atoms with Gasteiger partial charge in [-0.25, -0.2) is 8.42 Å². The van der Waals surface area contributed by atoms with Crippen LogP contribution in [-0.4, -0.2) is 45.8 Å². The fourth-order valence-electron chi connectivity index (χ4n) is 3.62. The zero-order chi connectivity index (χ0) is 20.6. The Morgan fingerprint density at radius 1 is 1.24 bits per heavy atom. The van der Waals surface area contributed by atoms with Crippen LogP contribution in [0.1, 0.15) is 44.8 Å². The summed E-state index contributed by atoms with van der Waals surface area (Å²) in [6.07, 6.45) is 1.17. The van der Waals surface area contributed by atoms with Gasteiger partial charge in [0.15, 0.2) is 9.84 Å². The summed E-state index contributed by atoms with van der Waals surface area (Å²) in [4.78, 5) is 12.8. The van der Waals surface area contributed by atoms with Crippen molar-refractivity contribution in [2.75, 3.05) is 16.8 Å². The number of sulfone groups is 1. The number of nitrogens with one attached hydrogen (secondary N) is 1. The number of carbonyl (C=O) groups is 1. The van der Waals surface area contributed by atoms with E-state index in [9.17, 15) is 13.2 Å². The molecular weight excluding hydrogens is 410 g/mol. The van der Waals surface area contributed by atoms with Gasteiger partial charge in [-0.1, -0.05) is 41.7 Å². The minimum atomic E-state index is -3.03. The van der Waals surface area contributed by atoms with Crippen LogP contribution < -0.4 is 5.32 Å². The van der Waals surface area contributed by atoms with Crippen LogP contribution in [0.3, 0.4) is 0 Å². The Labute approximate surface area is 172 Å². The number of benzene rings is 1. The molecule has 2 aromatic heterocycles. The van der Waals surface area contributed by atoms with E-state index in [1.54, 1.807) is 18.5 Å².